The second-order valence-electron chi connectivity index (χ2n) is 4.95. The number of imide groups is 1. The molecule has 0 spiro atoms. The molecule has 2 aliphatic heterocycles. The van der Waals surface area contributed by atoms with Crippen molar-refractivity contribution in [3.63, 3.8) is 0 Å². The first-order valence-electron chi connectivity index (χ1n) is 6.93. The SMILES string of the molecule is O=C1CCC(=O)N1CCSC(=S)N1CCCCCC1. The van der Waals surface area contributed by atoms with Crippen molar-refractivity contribution in [2.75, 3.05) is 25.4 Å². The second kappa shape index (κ2) is 7.24. The van der Waals surface area contributed by atoms with Crippen molar-refractivity contribution >= 4 is 40.1 Å². The van der Waals surface area contributed by atoms with Crippen molar-refractivity contribution in [2.45, 2.75) is 38.5 Å². The van der Waals surface area contributed by atoms with E-state index in [1.165, 1.54) is 30.6 Å². The summed E-state index contributed by atoms with van der Waals surface area (Å²) in [4.78, 5) is 26.6. The van der Waals surface area contributed by atoms with E-state index in [-0.39, 0.29) is 11.8 Å². The van der Waals surface area contributed by atoms with Crippen LogP contribution < -0.4 is 0 Å². The summed E-state index contributed by atoms with van der Waals surface area (Å²) in [6, 6.07) is 0. The third-order valence-corrected chi connectivity index (χ3v) is 5.06. The number of carbonyl (C=O) groups is 2. The van der Waals surface area contributed by atoms with E-state index in [9.17, 15) is 9.59 Å². The van der Waals surface area contributed by atoms with E-state index in [0.717, 1.165) is 17.4 Å². The lowest BCUT2D eigenvalue weighted by Crippen LogP contribution is -2.33. The highest BCUT2D eigenvalue weighted by atomic mass is 32.2. The van der Waals surface area contributed by atoms with E-state index < -0.39 is 0 Å². The molecule has 0 aromatic rings. The van der Waals surface area contributed by atoms with Crippen molar-refractivity contribution in [1.29, 1.82) is 0 Å². The molecule has 0 N–H and O–H groups in total. The Morgan fingerprint density at radius 3 is 2.21 bits per heavy atom. The average molecular weight is 300 g/mol. The molecule has 2 saturated heterocycles. The molecule has 4 nitrogen and oxygen atoms in total. The molecule has 0 unspecified atom stereocenters. The zero-order chi connectivity index (χ0) is 13.7. The van der Waals surface area contributed by atoms with Gasteiger partial charge in [0, 0.05) is 38.2 Å². The summed E-state index contributed by atoms with van der Waals surface area (Å²) >= 11 is 7.03. The minimum Gasteiger partial charge on any atom is -0.358 e. The van der Waals surface area contributed by atoms with Gasteiger partial charge in [0.15, 0.2) is 0 Å². The Hall–Kier alpha value is -0.620. The molecule has 2 aliphatic rings. The maximum absolute atomic E-state index is 11.5. The minimum atomic E-state index is -0.0358. The van der Waals surface area contributed by atoms with Gasteiger partial charge >= 0.3 is 0 Å². The van der Waals surface area contributed by atoms with Gasteiger partial charge in [-0.1, -0.05) is 36.8 Å². The first kappa shape index (κ1) is 14.8. The summed E-state index contributed by atoms with van der Waals surface area (Å²) in [7, 11) is 0. The number of rotatable bonds is 3. The van der Waals surface area contributed by atoms with Crippen molar-refractivity contribution in [3.8, 4) is 0 Å². The zero-order valence-corrected chi connectivity index (χ0v) is 12.7. The standard InChI is InChI=1S/C13H20N2O2S2/c16-11-5-6-12(17)15(11)9-10-19-13(18)14-7-3-1-2-4-8-14/h1-10H2. The van der Waals surface area contributed by atoms with Crippen LogP contribution in [0.1, 0.15) is 38.5 Å². The molecule has 2 heterocycles. The normalized spacial score (nSPS) is 20.8. The lowest BCUT2D eigenvalue weighted by atomic mass is 10.2. The van der Waals surface area contributed by atoms with Crippen LogP contribution in [0.3, 0.4) is 0 Å². The van der Waals surface area contributed by atoms with E-state index in [1.54, 1.807) is 11.8 Å². The minimum absolute atomic E-state index is 0.0358. The molecule has 0 radical (unpaired) electrons. The van der Waals surface area contributed by atoms with Crippen molar-refractivity contribution < 1.29 is 9.59 Å². The Morgan fingerprint density at radius 2 is 1.63 bits per heavy atom. The number of amides is 2. The number of likely N-dealkylation sites (tertiary alicyclic amines) is 2. The van der Waals surface area contributed by atoms with Crippen molar-refractivity contribution in [2.24, 2.45) is 0 Å². The van der Waals surface area contributed by atoms with Crippen LogP contribution in [0.4, 0.5) is 0 Å². The van der Waals surface area contributed by atoms with Crippen LogP contribution in [0.15, 0.2) is 0 Å². The third kappa shape index (κ3) is 4.18. The zero-order valence-electron chi connectivity index (χ0n) is 11.1. The van der Waals surface area contributed by atoms with E-state index >= 15 is 0 Å². The van der Waals surface area contributed by atoms with Gasteiger partial charge in [-0.15, -0.1) is 0 Å². The van der Waals surface area contributed by atoms with Gasteiger partial charge in [-0.05, 0) is 12.8 Å². The fourth-order valence-electron chi connectivity index (χ4n) is 2.44. The molecular formula is C13H20N2O2S2. The molecule has 0 bridgehead atoms. The van der Waals surface area contributed by atoms with E-state index in [4.69, 9.17) is 12.2 Å². The number of hydrogen-bond donors (Lipinski definition) is 0. The highest BCUT2D eigenvalue weighted by Gasteiger charge is 2.28. The number of hydrogen-bond acceptors (Lipinski definition) is 4. The van der Waals surface area contributed by atoms with Gasteiger partial charge in [0.05, 0.1) is 0 Å². The summed E-state index contributed by atoms with van der Waals surface area (Å²) in [5.74, 6) is 0.643. The number of carbonyl (C=O) groups excluding carboxylic acids is 2. The molecule has 0 atom stereocenters. The fraction of sp³-hybridized carbons (Fsp3) is 0.769. The largest absolute Gasteiger partial charge is 0.358 e. The van der Waals surface area contributed by atoms with Crippen LogP contribution in [0.25, 0.3) is 0 Å². The summed E-state index contributed by atoms with van der Waals surface area (Å²) in [6.45, 7) is 2.59. The highest BCUT2D eigenvalue weighted by Crippen LogP contribution is 2.18. The third-order valence-electron chi connectivity index (χ3n) is 3.56. The monoisotopic (exact) mass is 300 g/mol. The van der Waals surface area contributed by atoms with Gasteiger partial charge in [-0.2, -0.15) is 0 Å². The molecule has 0 saturated carbocycles. The van der Waals surface area contributed by atoms with Gasteiger partial charge in [0.2, 0.25) is 11.8 Å². The molecule has 2 amide bonds. The topological polar surface area (TPSA) is 40.6 Å². The van der Waals surface area contributed by atoms with Gasteiger partial charge in [-0.25, -0.2) is 0 Å². The maximum atomic E-state index is 11.5. The average Bonchev–Trinajstić information content (AvgIpc) is 2.64. The van der Waals surface area contributed by atoms with E-state index in [2.05, 4.69) is 4.90 Å². The highest BCUT2D eigenvalue weighted by molar-refractivity contribution is 8.22. The van der Waals surface area contributed by atoms with Crippen molar-refractivity contribution in [3.05, 3.63) is 0 Å². The van der Waals surface area contributed by atoms with Gasteiger partial charge < -0.3 is 4.90 Å². The summed E-state index contributed by atoms with van der Waals surface area (Å²) in [5.41, 5.74) is 0. The Morgan fingerprint density at radius 1 is 1.05 bits per heavy atom. The molecular weight excluding hydrogens is 280 g/mol. The Balaban J connectivity index is 1.71. The van der Waals surface area contributed by atoms with E-state index in [1.807, 2.05) is 0 Å². The van der Waals surface area contributed by atoms with Gasteiger partial charge in [-0.3, -0.25) is 14.5 Å². The van der Waals surface area contributed by atoms with Gasteiger partial charge in [0.1, 0.15) is 4.32 Å². The van der Waals surface area contributed by atoms with Crippen molar-refractivity contribution in [1.82, 2.24) is 9.80 Å². The summed E-state index contributed by atoms with van der Waals surface area (Å²) < 4.78 is 0.918. The molecule has 0 aromatic heterocycles. The Kier molecular flexibility index (Phi) is 5.63. The van der Waals surface area contributed by atoms with Gasteiger partial charge in [0.25, 0.3) is 0 Å². The molecule has 106 valence electrons. The predicted molar refractivity (Wildman–Crippen MR) is 81.1 cm³/mol. The van der Waals surface area contributed by atoms with E-state index in [0.29, 0.717) is 25.1 Å². The lowest BCUT2D eigenvalue weighted by Gasteiger charge is -2.23. The molecule has 2 rings (SSSR count). The maximum Gasteiger partial charge on any atom is 0.229 e. The quantitative estimate of drug-likeness (QED) is 0.589. The summed E-state index contributed by atoms with van der Waals surface area (Å²) in [5, 5.41) is 0. The number of nitrogens with zero attached hydrogens (tertiary/aromatic N) is 2. The predicted octanol–water partition coefficient (Wildman–Crippen LogP) is 2.03. The molecule has 0 aromatic carbocycles. The van der Waals surface area contributed by atoms with Crippen LogP contribution in [0, 0.1) is 0 Å². The Labute approximate surface area is 123 Å². The van der Waals surface area contributed by atoms with Crippen LogP contribution in [0.2, 0.25) is 0 Å². The molecule has 0 aliphatic carbocycles. The molecule has 19 heavy (non-hydrogen) atoms. The number of thiocarbonyl (C=S) groups is 1. The van der Waals surface area contributed by atoms with Crippen LogP contribution in [-0.2, 0) is 9.59 Å². The van der Waals surface area contributed by atoms with Crippen LogP contribution >= 0.6 is 24.0 Å². The lowest BCUT2D eigenvalue weighted by molar-refractivity contribution is -0.137. The summed E-state index contributed by atoms with van der Waals surface area (Å²) in [6.07, 6.45) is 5.76. The molecule has 2 fully saturated rings. The first-order valence-corrected chi connectivity index (χ1v) is 8.33. The Bertz CT molecular complexity index is 350. The smallest absolute Gasteiger partial charge is 0.229 e. The first-order chi connectivity index (χ1) is 9.18. The van der Waals surface area contributed by atoms with Crippen LogP contribution in [-0.4, -0.2) is 51.3 Å². The fourth-order valence-corrected chi connectivity index (χ4v) is 3.69. The molecule has 6 heteroatoms. The van der Waals surface area contributed by atoms with Crippen LogP contribution in [0.5, 0.6) is 0 Å². The second-order valence-corrected chi connectivity index (χ2v) is 6.68. The number of thioether (sulfide) groups is 1.